The Kier molecular flexibility index (Phi) is 2.89. The van der Waals surface area contributed by atoms with Crippen LogP contribution in [-0.2, 0) is 5.41 Å². The Morgan fingerprint density at radius 1 is 1.18 bits per heavy atom. The molecule has 0 unspecified atom stereocenters. The quantitative estimate of drug-likeness (QED) is 0.836. The van der Waals surface area contributed by atoms with Gasteiger partial charge in [-0.25, -0.2) is 0 Å². The van der Waals surface area contributed by atoms with Gasteiger partial charge in [-0.15, -0.1) is 0 Å². The minimum Gasteiger partial charge on any atom is -0.384 e. The molecule has 120 valence electrons. The number of fused-ring (bicyclic) bond motifs is 4. The zero-order valence-electron chi connectivity index (χ0n) is 13.8. The molecule has 3 atom stereocenters. The van der Waals surface area contributed by atoms with E-state index in [0.717, 1.165) is 24.4 Å². The van der Waals surface area contributed by atoms with Crippen LogP contribution in [-0.4, -0.2) is 30.6 Å². The van der Waals surface area contributed by atoms with Gasteiger partial charge in [0.2, 0.25) is 0 Å². The van der Waals surface area contributed by atoms with Gasteiger partial charge in [-0.2, -0.15) is 0 Å². The normalized spacial score (nSPS) is 35.8. The molecule has 2 saturated carbocycles. The minimum atomic E-state index is 0. The third kappa shape index (κ3) is 1.89. The first-order valence-corrected chi connectivity index (χ1v) is 9.33. The predicted molar refractivity (Wildman–Crippen MR) is 93.5 cm³/mol. The van der Waals surface area contributed by atoms with Crippen molar-refractivity contribution in [1.82, 2.24) is 4.90 Å². The second kappa shape index (κ2) is 4.74. The van der Waals surface area contributed by atoms with Gasteiger partial charge in [-0.3, -0.25) is 0 Å². The highest BCUT2D eigenvalue weighted by molar-refractivity contribution is 5.61. The smallest absolute Gasteiger partial charge is 0.0379 e. The van der Waals surface area contributed by atoms with Gasteiger partial charge >= 0.3 is 0 Å². The molecule has 2 bridgehead atoms. The minimum absolute atomic E-state index is 0. The van der Waals surface area contributed by atoms with E-state index in [-0.39, 0.29) is 1.43 Å². The molecule has 5 rings (SSSR count). The molecule has 0 amide bonds. The molecule has 0 radical (unpaired) electrons. The van der Waals surface area contributed by atoms with Crippen molar-refractivity contribution < 1.29 is 1.43 Å². The monoisotopic (exact) mass is 298 g/mol. The average Bonchev–Trinajstić information content (AvgIpc) is 3.24. The molecule has 22 heavy (non-hydrogen) atoms. The van der Waals surface area contributed by atoms with E-state index in [1.165, 1.54) is 62.9 Å². The molecule has 2 heterocycles. The summed E-state index contributed by atoms with van der Waals surface area (Å²) in [6.07, 6.45) is 8.78. The lowest BCUT2D eigenvalue weighted by Gasteiger charge is -2.44. The first kappa shape index (κ1) is 13.4. The molecule has 1 N–H and O–H groups in total. The van der Waals surface area contributed by atoms with Crippen LogP contribution in [0.2, 0.25) is 0 Å². The van der Waals surface area contributed by atoms with Gasteiger partial charge in [0.25, 0.3) is 0 Å². The van der Waals surface area contributed by atoms with Crippen molar-refractivity contribution in [3.8, 4) is 0 Å². The molecule has 3 fully saturated rings. The van der Waals surface area contributed by atoms with Crippen molar-refractivity contribution in [2.75, 3.05) is 25.0 Å². The van der Waals surface area contributed by atoms with Gasteiger partial charge in [0.05, 0.1) is 0 Å². The van der Waals surface area contributed by atoms with Crippen molar-refractivity contribution >= 4 is 5.69 Å². The fraction of sp³-hybridized carbons (Fsp3) is 0.700. The van der Waals surface area contributed by atoms with E-state index >= 15 is 0 Å². The van der Waals surface area contributed by atoms with Crippen molar-refractivity contribution in [3.63, 3.8) is 0 Å². The number of hydrogen-bond donors (Lipinski definition) is 1. The molecule has 1 aromatic carbocycles. The molecule has 2 heteroatoms. The fourth-order valence-electron chi connectivity index (χ4n) is 6.00. The second-order valence-corrected chi connectivity index (χ2v) is 8.46. The van der Waals surface area contributed by atoms with Gasteiger partial charge in [-0.1, -0.05) is 24.1 Å². The van der Waals surface area contributed by atoms with Crippen LogP contribution in [0.25, 0.3) is 0 Å². The number of piperidine rings is 1. The molecule has 0 aromatic heterocycles. The van der Waals surface area contributed by atoms with Crippen LogP contribution in [0.4, 0.5) is 5.69 Å². The maximum Gasteiger partial charge on any atom is 0.0379 e. The van der Waals surface area contributed by atoms with Crippen LogP contribution in [0, 0.1) is 18.8 Å². The van der Waals surface area contributed by atoms with E-state index in [1.807, 2.05) is 0 Å². The summed E-state index contributed by atoms with van der Waals surface area (Å²) in [5.41, 5.74) is 4.85. The van der Waals surface area contributed by atoms with Crippen LogP contribution in [0.3, 0.4) is 0 Å². The topological polar surface area (TPSA) is 15.3 Å². The van der Waals surface area contributed by atoms with E-state index in [4.69, 9.17) is 0 Å². The summed E-state index contributed by atoms with van der Waals surface area (Å²) >= 11 is 0. The maximum absolute atomic E-state index is 3.68. The molecule has 2 aliphatic heterocycles. The van der Waals surface area contributed by atoms with Gasteiger partial charge in [0.1, 0.15) is 0 Å². The van der Waals surface area contributed by atoms with E-state index in [1.54, 1.807) is 5.56 Å². The molecule has 2 nitrogen and oxygen atoms in total. The Morgan fingerprint density at radius 2 is 2.05 bits per heavy atom. The standard InChI is InChI=1S/C20H28N2.H2/c1-14-2-5-18-17(10-14)20(13-21-18)6-8-22(9-7-20)19-12-15-3-4-16(19)11-15;/h2,5,10,15-16,19,21H,3-4,6-9,11-13H2,1H3;1H/t15-,16+,19-;/m1./s1. The van der Waals surface area contributed by atoms with Crippen molar-refractivity contribution in [2.45, 2.75) is 56.9 Å². The predicted octanol–water partition coefficient (Wildman–Crippen LogP) is 4.19. The molecule has 1 spiro atoms. The van der Waals surface area contributed by atoms with Crippen LogP contribution in [0.1, 0.15) is 51.1 Å². The maximum atomic E-state index is 3.68. The van der Waals surface area contributed by atoms with Crippen LogP contribution in [0.5, 0.6) is 0 Å². The number of hydrogen-bond acceptors (Lipinski definition) is 2. The Morgan fingerprint density at radius 3 is 2.77 bits per heavy atom. The highest BCUT2D eigenvalue weighted by atomic mass is 15.2. The first-order valence-electron chi connectivity index (χ1n) is 9.33. The molecule has 1 saturated heterocycles. The molecular weight excluding hydrogens is 268 g/mol. The van der Waals surface area contributed by atoms with Crippen LogP contribution < -0.4 is 5.32 Å². The van der Waals surface area contributed by atoms with Crippen LogP contribution >= 0.6 is 0 Å². The summed E-state index contributed by atoms with van der Waals surface area (Å²) in [5, 5.41) is 3.68. The van der Waals surface area contributed by atoms with Gasteiger partial charge in [0, 0.05) is 25.1 Å². The lowest BCUT2D eigenvalue weighted by molar-refractivity contribution is 0.0887. The number of likely N-dealkylation sites (tertiary alicyclic amines) is 1. The molecular formula is C20H30N2. The van der Waals surface area contributed by atoms with Crippen molar-refractivity contribution in [1.29, 1.82) is 0 Å². The average molecular weight is 298 g/mol. The van der Waals surface area contributed by atoms with E-state index in [0.29, 0.717) is 5.41 Å². The summed E-state index contributed by atoms with van der Waals surface area (Å²) in [7, 11) is 0. The third-order valence-electron chi connectivity index (χ3n) is 7.29. The largest absolute Gasteiger partial charge is 0.384 e. The Balaban J connectivity index is 0.00000135. The molecule has 1 aromatic rings. The van der Waals surface area contributed by atoms with Gasteiger partial charge in [0.15, 0.2) is 0 Å². The SMILES string of the molecule is Cc1ccc2c(c1)C1(CCN([C@@H]3C[C@@H]4CC[C@H]3C4)CC1)CN2.[HH]. The highest BCUT2D eigenvalue weighted by Crippen LogP contribution is 2.49. The summed E-state index contributed by atoms with van der Waals surface area (Å²) in [6, 6.07) is 7.92. The number of benzene rings is 1. The van der Waals surface area contributed by atoms with Gasteiger partial charge in [-0.05, 0) is 75.6 Å². The number of anilines is 1. The third-order valence-corrected chi connectivity index (χ3v) is 7.29. The van der Waals surface area contributed by atoms with Crippen molar-refractivity contribution in [2.24, 2.45) is 11.8 Å². The molecule has 2 aliphatic carbocycles. The lowest BCUT2D eigenvalue weighted by Crippen LogP contribution is -2.49. The van der Waals surface area contributed by atoms with Gasteiger partial charge < -0.3 is 10.2 Å². The van der Waals surface area contributed by atoms with E-state index in [9.17, 15) is 0 Å². The first-order chi connectivity index (χ1) is 10.7. The van der Waals surface area contributed by atoms with E-state index < -0.39 is 0 Å². The van der Waals surface area contributed by atoms with Crippen molar-refractivity contribution in [3.05, 3.63) is 29.3 Å². The lowest BCUT2D eigenvalue weighted by atomic mass is 9.73. The summed E-state index contributed by atoms with van der Waals surface area (Å²) in [4.78, 5) is 2.86. The Labute approximate surface area is 135 Å². The summed E-state index contributed by atoms with van der Waals surface area (Å²) in [6.45, 7) is 6.04. The number of nitrogens with zero attached hydrogens (tertiary/aromatic N) is 1. The summed E-state index contributed by atoms with van der Waals surface area (Å²) < 4.78 is 0. The van der Waals surface area contributed by atoms with E-state index in [2.05, 4.69) is 35.3 Å². The Bertz CT molecular complexity index is 591. The Hall–Kier alpha value is -1.02. The number of nitrogens with one attached hydrogen (secondary N) is 1. The zero-order valence-corrected chi connectivity index (χ0v) is 13.8. The fourth-order valence-corrected chi connectivity index (χ4v) is 6.00. The second-order valence-electron chi connectivity index (χ2n) is 8.46. The van der Waals surface area contributed by atoms with Crippen LogP contribution in [0.15, 0.2) is 18.2 Å². The summed E-state index contributed by atoms with van der Waals surface area (Å²) in [5.74, 6) is 2.11. The molecule has 4 aliphatic rings. The number of aryl methyl sites for hydroxylation is 1. The highest BCUT2D eigenvalue weighted by Gasteiger charge is 2.46. The number of rotatable bonds is 1. The zero-order chi connectivity index (χ0) is 14.7.